The van der Waals surface area contributed by atoms with E-state index in [2.05, 4.69) is 5.32 Å². The molecular formula is C12H18N2O2. The third-order valence-corrected chi connectivity index (χ3v) is 2.28. The lowest BCUT2D eigenvalue weighted by atomic mass is 10.1. The number of amides is 1. The van der Waals surface area contributed by atoms with Crippen molar-refractivity contribution in [1.82, 2.24) is 0 Å². The van der Waals surface area contributed by atoms with Crippen molar-refractivity contribution in [2.45, 2.75) is 32.7 Å². The summed E-state index contributed by atoms with van der Waals surface area (Å²) in [4.78, 5) is 11.4. The molecule has 0 bridgehead atoms. The molecule has 0 saturated heterocycles. The minimum absolute atomic E-state index is 0.0242. The van der Waals surface area contributed by atoms with E-state index in [0.717, 1.165) is 6.42 Å². The van der Waals surface area contributed by atoms with Gasteiger partial charge in [0.1, 0.15) is 5.75 Å². The summed E-state index contributed by atoms with van der Waals surface area (Å²) in [5.41, 5.74) is 7.00. The van der Waals surface area contributed by atoms with E-state index in [4.69, 9.17) is 5.73 Å². The number of nitrogens with two attached hydrogens (primary N) is 1. The number of aromatic hydroxyl groups is 1. The zero-order valence-electron chi connectivity index (χ0n) is 9.66. The van der Waals surface area contributed by atoms with Gasteiger partial charge in [0.15, 0.2) is 0 Å². The van der Waals surface area contributed by atoms with Crippen molar-refractivity contribution < 1.29 is 9.90 Å². The number of benzene rings is 1. The predicted octanol–water partition coefficient (Wildman–Crippen LogP) is 2.15. The summed E-state index contributed by atoms with van der Waals surface area (Å²) in [6.07, 6.45) is 1.30. The van der Waals surface area contributed by atoms with Gasteiger partial charge in [0.05, 0.1) is 0 Å². The van der Waals surface area contributed by atoms with Crippen molar-refractivity contribution in [2.75, 3.05) is 5.32 Å². The van der Waals surface area contributed by atoms with Crippen LogP contribution >= 0.6 is 0 Å². The maximum atomic E-state index is 11.4. The van der Waals surface area contributed by atoms with Gasteiger partial charge in [-0.15, -0.1) is 0 Å². The summed E-state index contributed by atoms with van der Waals surface area (Å²) in [5.74, 6) is 0.132. The van der Waals surface area contributed by atoms with Crippen LogP contribution in [-0.2, 0) is 4.79 Å². The SMILES string of the molecule is CCCC(=O)Nc1ccc(O)c(C(C)N)c1. The van der Waals surface area contributed by atoms with Gasteiger partial charge in [-0.3, -0.25) is 4.79 Å². The van der Waals surface area contributed by atoms with Gasteiger partial charge in [0.2, 0.25) is 5.91 Å². The number of carbonyl (C=O) groups excluding carboxylic acids is 1. The number of phenols is 1. The van der Waals surface area contributed by atoms with Crippen LogP contribution in [0.25, 0.3) is 0 Å². The molecule has 0 fully saturated rings. The zero-order valence-corrected chi connectivity index (χ0v) is 9.66. The second-order valence-electron chi connectivity index (χ2n) is 3.86. The lowest BCUT2D eigenvalue weighted by molar-refractivity contribution is -0.116. The molecule has 1 aromatic rings. The second-order valence-corrected chi connectivity index (χ2v) is 3.86. The topological polar surface area (TPSA) is 75.3 Å². The monoisotopic (exact) mass is 222 g/mol. The summed E-state index contributed by atoms with van der Waals surface area (Å²) in [6, 6.07) is 4.64. The van der Waals surface area contributed by atoms with Crippen LogP contribution in [0.5, 0.6) is 5.75 Å². The summed E-state index contributed by atoms with van der Waals surface area (Å²) < 4.78 is 0. The number of hydrogen-bond acceptors (Lipinski definition) is 3. The van der Waals surface area contributed by atoms with Crippen molar-refractivity contribution in [3.05, 3.63) is 23.8 Å². The molecule has 1 aromatic carbocycles. The average Bonchev–Trinajstić information content (AvgIpc) is 2.21. The Morgan fingerprint density at radius 1 is 1.56 bits per heavy atom. The number of rotatable bonds is 4. The van der Waals surface area contributed by atoms with E-state index in [9.17, 15) is 9.90 Å². The fraction of sp³-hybridized carbons (Fsp3) is 0.417. The molecular weight excluding hydrogens is 204 g/mol. The molecule has 0 heterocycles. The molecule has 0 aliphatic carbocycles. The highest BCUT2D eigenvalue weighted by Gasteiger charge is 2.08. The molecule has 1 rings (SSSR count). The van der Waals surface area contributed by atoms with Crippen LogP contribution < -0.4 is 11.1 Å². The Bertz CT molecular complexity index is 375. The van der Waals surface area contributed by atoms with E-state index in [0.29, 0.717) is 17.7 Å². The largest absolute Gasteiger partial charge is 0.508 e. The van der Waals surface area contributed by atoms with Gasteiger partial charge >= 0.3 is 0 Å². The van der Waals surface area contributed by atoms with Crippen LogP contribution in [-0.4, -0.2) is 11.0 Å². The first-order valence-electron chi connectivity index (χ1n) is 5.43. The van der Waals surface area contributed by atoms with Crippen molar-refractivity contribution in [2.24, 2.45) is 5.73 Å². The van der Waals surface area contributed by atoms with Crippen LogP contribution in [0.2, 0.25) is 0 Å². The maximum Gasteiger partial charge on any atom is 0.224 e. The summed E-state index contributed by atoms with van der Waals surface area (Å²) >= 11 is 0. The van der Waals surface area contributed by atoms with Gasteiger partial charge in [0, 0.05) is 23.7 Å². The highest BCUT2D eigenvalue weighted by Crippen LogP contribution is 2.25. The first kappa shape index (κ1) is 12.5. The van der Waals surface area contributed by atoms with Gasteiger partial charge in [-0.05, 0) is 31.5 Å². The first-order valence-corrected chi connectivity index (χ1v) is 5.43. The highest BCUT2D eigenvalue weighted by molar-refractivity contribution is 5.90. The van der Waals surface area contributed by atoms with Crippen LogP contribution in [0.4, 0.5) is 5.69 Å². The van der Waals surface area contributed by atoms with Gasteiger partial charge in [-0.1, -0.05) is 6.92 Å². The molecule has 0 spiro atoms. The van der Waals surface area contributed by atoms with E-state index in [-0.39, 0.29) is 17.7 Å². The normalized spacial score (nSPS) is 12.2. The number of anilines is 1. The molecule has 4 heteroatoms. The third-order valence-electron chi connectivity index (χ3n) is 2.28. The van der Waals surface area contributed by atoms with E-state index >= 15 is 0 Å². The molecule has 0 radical (unpaired) electrons. The zero-order chi connectivity index (χ0) is 12.1. The molecule has 88 valence electrons. The van der Waals surface area contributed by atoms with E-state index in [1.54, 1.807) is 25.1 Å². The first-order chi connectivity index (χ1) is 7.54. The van der Waals surface area contributed by atoms with E-state index in [1.165, 1.54) is 0 Å². The molecule has 1 unspecified atom stereocenters. The Morgan fingerprint density at radius 3 is 2.81 bits per heavy atom. The summed E-state index contributed by atoms with van der Waals surface area (Å²) in [6.45, 7) is 3.73. The standard InChI is InChI=1S/C12H18N2O2/c1-3-4-12(16)14-9-5-6-11(15)10(7-9)8(2)13/h5-8,15H,3-4,13H2,1-2H3,(H,14,16). The average molecular weight is 222 g/mol. The Labute approximate surface area is 95.5 Å². The fourth-order valence-electron chi connectivity index (χ4n) is 1.45. The van der Waals surface area contributed by atoms with Crippen molar-refractivity contribution >= 4 is 11.6 Å². The lowest BCUT2D eigenvalue weighted by Crippen LogP contribution is -2.12. The van der Waals surface area contributed by atoms with Crippen LogP contribution in [0.1, 0.15) is 38.3 Å². The summed E-state index contributed by atoms with van der Waals surface area (Å²) in [5, 5.41) is 12.3. The third kappa shape index (κ3) is 3.24. The number of carbonyl (C=O) groups is 1. The van der Waals surface area contributed by atoms with Gasteiger partial charge in [-0.2, -0.15) is 0 Å². The minimum Gasteiger partial charge on any atom is -0.508 e. The molecule has 1 atom stereocenters. The number of nitrogens with one attached hydrogen (secondary N) is 1. The number of phenolic OH excluding ortho intramolecular Hbond substituents is 1. The van der Waals surface area contributed by atoms with Gasteiger partial charge in [-0.25, -0.2) is 0 Å². The van der Waals surface area contributed by atoms with Gasteiger partial charge in [0.25, 0.3) is 0 Å². The van der Waals surface area contributed by atoms with E-state index < -0.39 is 0 Å². The Morgan fingerprint density at radius 2 is 2.25 bits per heavy atom. The minimum atomic E-state index is -0.261. The Balaban J connectivity index is 2.82. The molecule has 0 aliphatic rings. The predicted molar refractivity (Wildman–Crippen MR) is 64.2 cm³/mol. The van der Waals surface area contributed by atoms with Crippen molar-refractivity contribution in [1.29, 1.82) is 0 Å². The smallest absolute Gasteiger partial charge is 0.224 e. The molecule has 16 heavy (non-hydrogen) atoms. The van der Waals surface area contributed by atoms with Crippen LogP contribution in [0, 0.1) is 0 Å². The molecule has 1 amide bonds. The van der Waals surface area contributed by atoms with Crippen LogP contribution in [0.15, 0.2) is 18.2 Å². The van der Waals surface area contributed by atoms with Crippen LogP contribution in [0.3, 0.4) is 0 Å². The highest BCUT2D eigenvalue weighted by atomic mass is 16.3. The molecule has 4 N–H and O–H groups in total. The Hall–Kier alpha value is -1.55. The van der Waals surface area contributed by atoms with E-state index in [1.807, 2.05) is 6.92 Å². The Kier molecular flexibility index (Phi) is 4.31. The second kappa shape index (κ2) is 5.51. The maximum absolute atomic E-state index is 11.4. The number of hydrogen-bond donors (Lipinski definition) is 3. The molecule has 4 nitrogen and oxygen atoms in total. The van der Waals surface area contributed by atoms with Crippen molar-refractivity contribution in [3.8, 4) is 5.75 Å². The quantitative estimate of drug-likeness (QED) is 0.683. The molecule has 0 aromatic heterocycles. The van der Waals surface area contributed by atoms with Crippen molar-refractivity contribution in [3.63, 3.8) is 0 Å². The molecule has 0 aliphatic heterocycles. The van der Waals surface area contributed by atoms with Gasteiger partial charge < -0.3 is 16.2 Å². The lowest BCUT2D eigenvalue weighted by Gasteiger charge is -2.11. The molecule has 0 saturated carbocycles. The fourth-order valence-corrected chi connectivity index (χ4v) is 1.45. The summed E-state index contributed by atoms with van der Waals surface area (Å²) in [7, 11) is 0.